The number of likely N-dealkylation sites (tertiary alicyclic amines) is 1. The first-order valence-corrected chi connectivity index (χ1v) is 10.6. The zero-order chi connectivity index (χ0) is 19.4. The van der Waals surface area contributed by atoms with E-state index in [1.807, 2.05) is 25.7 Å². The summed E-state index contributed by atoms with van der Waals surface area (Å²) in [6, 6.07) is 0.440. The summed E-state index contributed by atoms with van der Waals surface area (Å²) in [7, 11) is 0. The van der Waals surface area contributed by atoms with E-state index in [4.69, 9.17) is 14.5 Å². The molecule has 3 saturated heterocycles. The van der Waals surface area contributed by atoms with E-state index in [-0.39, 0.29) is 36.1 Å². The molecule has 0 radical (unpaired) electrons. The third-order valence-corrected chi connectivity index (χ3v) is 5.49. The molecule has 0 aliphatic carbocycles. The molecule has 28 heavy (non-hydrogen) atoms. The molecule has 3 heterocycles. The van der Waals surface area contributed by atoms with Gasteiger partial charge >= 0.3 is 6.09 Å². The van der Waals surface area contributed by atoms with Crippen molar-refractivity contribution in [1.29, 1.82) is 0 Å². The van der Waals surface area contributed by atoms with Crippen molar-refractivity contribution in [3.63, 3.8) is 0 Å². The molecule has 1 amide bonds. The summed E-state index contributed by atoms with van der Waals surface area (Å²) in [4.78, 5) is 19.2. The van der Waals surface area contributed by atoms with Crippen molar-refractivity contribution in [3.8, 4) is 0 Å². The van der Waals surface area contributed by atoms with Crippen LogP contribution in [-0.4, -0.2) is 66.5 Å². The number of ether oxygens (including phenoxy) is 2. The van der Waals surface area contributed by atoms with Crippen LogP contribution in [0.15, 0.2) is 4.99 Å². The van der Waals surface area contributed by atoms with Gasteiger partial charge in [0, 0.05) is 13.1 Å². The quantitative estimate of drug-likeness (QED) is 0.347. The van der Waals surface area contributed by atoms with E-state index in [1.165, 1.54) is 6.42 Å². The Balaban J connectivity index is 0.00000280. The molecule has 0 spiro atoms. The van der Waals surface area contributed by atoms with Crippen LogP contribution < -0.4 is 10.6 Å². The van der Waals surface area contributed by atoms with Crippen molar-refractivity contribution >= 4 is 36.0 Å². The van der Waals surface area contributed by atoms with E-state index in [0.717, 1.165) is 51.2 Å². The minimum absolute atomic E-state index is 0. The van der Waals surface area contributed by atoms with Gasteiger partial charge in [-0.1, -0.05) is 0 Å². The predicted octanol–water partition coefficient (Wildman–Crippen LogP) is 3.27. The van der Waals surface area contributed by atoms with Gasteiger partial charge in [0.2, 0.25) is 0 Å². The third-order valence-electron chi connectivity index (χ3n) is 5.49. The molecule has 3 rings (SSSR count). The van der Waals surface area contributed by atoms with Crippen molar-refractivity contribution in [1.82, 2.24) is 15.5 Å². The minimum Gasteiger partial charge on any atom is -0.444 e. The summed E-state index contributed by atoms with van der Waals surface area (Å²) < 4.78 is 11.5. The predicted molar refractivity (Wildman–Crippen MR) is 121 cm³/mol. The smallest absolute Gasteiger partial charge is 0.410 e. The second-order valence-corrected chi connectivity index (χ2v) is 8.90. The molecule has 3 fully saturated rings. The van der Waals surface area contributed by atoms with Crippen LogP contribution >= 0.6 is 24.0 Å². The van der Waals surface area contributed by atoms with E-state index in [1.54, 1.807) is 0 Å². The van der Waals surface area contributed by atoms with Crippen LogP contribution in [0.25, 0.3) is 0 Å². The molecule has 0 aromatic heterocycles. The molecule has 8 heteroatoms. The highest BCUT2D eigenvalue weighted by molar-refractivity contribution is 14.0. The van der Waals surface area contributed by atoms with Gasteiger partial charge in [0.25, 0.3) is 0 Å². The highest BCUT2D eigenvalue weighted by Crippen LogP contribution is 2.34. The van der Waals surface area contributed by atoms with Gasteiger partial charge in [0.15, 0.2) is 5.96 Å². The van der Waals surface area contributed by atoms with Crippen molar-refractivity contribution in [2.75, 3.05) is 19.6 Å². The van der Waals surface area contributed by atoms with Crippen LogP contribution in [0.4, 0.5) is 4.79 Å². The maximum Gasteiger partial charge on any atom is 0.410 e. The van der Waals surface area contributed by atoms with Gasteiger partial charge in [-0.15, -0.1) is 24.0 Å². The first-order chi connectivity index (χ1) is 12.9. The second kappa shape index (κ2) is 10.3. The topological polar surface area (TPSA) is 75.2 Å². The number of aliphatic imine (C=N–C) groups is 1. The van der Waals surface area contributed by atoms with E-state index >= 15 is 0 Å². The summed E-state index contributed by atoms with van der Waals surface area (Å²) in [6.45, 7) is 9.96. The molecule has 2 bridgehead atoms. The zero-order valence-electron chi connectivity index (χ0n) is 17.7. The first-order valence-electron chi connectivity index (χ1n) is 10.6. The molecule has 3 aliphatic rings. The number of hydrogen-bond acceptors (Lipinski definition) is 4. The Hall–Kier alpha value is -0.770. The molecule has 0 saturated carbocycles. The number of piperidine rings is 1. The Labute approximate surface area is 186 Å². The SMILES string of the molecule is CCNC(=NCC1CCCCN1C(=O)OC(C)(C)C)NC1CC2CCC1O2.I. The second-order valence-electron chi connectivity index (χ2n) is 8.90. The summed E-state index contributed by atoms with van der Waals surface area (Å²) >= 11 is 0. The number of nitrogens with zero attached hydrogens (tertiary/aromatic N) is 2. The lowest BCUT2D eigenvalue weighted by atomic mass is 9.96. The molecule has 7 nitrogen and oxygen atoms in total. The Morgan fingerprint density at radius 2 is 2.04 bits per heavy atom. The lowest BCUT2D eigenvalue weighted by Gasteiger charge is -2.36. The number of nitrogens with one attached hydrogen (secondary N) is 2. The minimum atomic E-state index is -0.472. The third kappa shape index (κ3) is 6.37. The van der Waals surface area contributed by atoms with Crippen molar-refractivity contribution < 1.29 is 14.3 Å². The first kappa shape index (κ1) is 23.5. The number of carbonyl (C=O) groups is 1. The zero-order valence-corrected chi connectivity index (χ0v) is 20.0. The number of hydrogen-bond donors (Lipinski definition) is 2. The normalized spacial score (nSPS) is 30.0. The number of halogens is 1. The van der Waals surface area contributed by atoms with Crippen molar-refractivity contribution in [2.45, 2.75) is 96.1 Å². The fourth-order valence-electron chi connectivity index (χ4n) is 4.23. The van der Waals surface area contributed by atoms with E-state index in [2.05, 4.69) is 17.6 Å². The van der Waals surface area contributed by atoms with Gasteiger partial charge in [-0.25, -0.2) is 4.79 Å². The fourth-order valence-corrected chi connectivity index (χ4v) is 4.23. The Morgan fingerprint density at radius 3 is 2.64 bits per heavy atom. The van der Waals surface area contributed by atoms with Crippen LogP contribution in [0.1, 0.15) is 66.2 Å². The Bertz CT molecular complexity index is 552. The van der Waals surface area contributed by atoms with Gasteiger partial charge in [0.1, 0.15) is 5.60 Å². The van der Waals surface area contributed by atoms with E-state index < -0.39 is 5.60 Å². The van der Waals surface area contributed by atoms with Gasteiger partial charge in [-0.05, 0) is 66.2 Å². The summed E-state index contributed by atoms with van der Waals surface area (Å²) in [5.41, 5.74) is -0.472. The number of fused-ring (bicyclic) bond motifs is 2. The molecular formula is C20H37IN4O3. The van der Waals surface area contributed by atoms with Crippen LogP contribution in [-0.2, 0) is 9.47 Å². The highest BCUT2D eigenvalue weighted by Gasteiger charge is 2.41. The average Bonchev–Trinajstić information content (AvgIpc) is 3.21. The molecule has 3 aliphatic heterocycles. The van der Waals surface area contributed by atoms with Gasteiger partial charge in [-0.3, -0.25) is 4.99 Å². The molecule has 0 aromatic rings. The summed E-state index contributed by atoms with van der Waals surface area (Å²) in [6.07, 6.45) is 7.01. The number of rotatable bonds is 4. The van der Waals surface area contributed by atoms with Crippen LogP contribution in [0, 0.1) is 0 Å². The van der Waals surface area contributed by atoms with Crippen LogP contribution in [0.2, 0.25) is 0 Å². The Kier molecular flexibility index (Phi) is 8.66. The highest BCUT2D eigenvalue weighted by atomic mass is 127. The van der Waals surface area contributed by atoms with Crippen LogP contribution in [0.3, 0.4) is 0 Å². The average molecular weight is 508 g/mol. The monoisotopic (exact) mass is 508 g/mol. The van der Waals surface area contributed by atoms with E-state index in [0.29, 0.717) is 24.8 Å². The lowest BCUT2D eigenvalue weighted by molar-refractivity contribution is 0.0109. The fraction of sp³-hybridized carbons (Fsp3) is 0.900. The van der Waals surface area contributed by atoms with E-state index in [9.17, 15) is 4.79 Å². The van der Waals surface area contributed by atoms with Gasteiger partial charge in [0.05, 0.1) is 30.8 Å². The maximum absolute atomic E-state index is 12.6. The van der Waals surface area contributed by atoms with Crippen molar-refractivity contribution in [2.24, 2.45) is 4.99 Å². The maximum atomic E-state index is 12.6. The summed E-state index contributed by atoms with van der Waals surface area (Å²) in [5.74, 6) is 0.827. The molecule has 162 valence electrons. The summed E-state index contributed by atoms with van der Waals surface area (Å²) in [5, 5.41) is 6.89. The number of carbonyl (C=O) groups excluding carboxylic acids is 1. The number of amides is 1. The molecule has 4 unspecified atom stereocenters. The molecule has 0 aromatic carbocycles. The lowest BCUT2D eigenvalue weighted by Crippen LogP contribution is -2.50. The standard InChI is InChI=1S/C20H36N4O3.HI/c1-5-21-18(23-16-12-15-9-10-17(16)26-15)22-13-14-8-6-7-11-24(14)19(25)27-20(2,3)4;/h14-17H,5-13H2,1-4H3,(H2,21,22,23);1H. The largest absolute Gasteiger partial charge is 0.444 e. The number of guanidine groups is 1. The molecular weight excluding hydrogens is 471 g/mol. The Morgan fingerprint density at radius 1 is 1.25 bits per heavy atom. The van der Waals surface area contributed by atoms with Gasteiger partial charge < -0.3 is 25.0 Å². The molecule has 4 atom stereocenters. The van der Waals surface area contributed by atoms with Crippen LogP contribution in [0.5, 0.6) is 0 Å². The molecule has 2 N–H and O–H groups in total. The van der Waals surface area contributed by atoms with Crippen molar-refractivity contribution in [3.05, 3.63) is 0 Å². The van der Waals surface area contributed by atoms with Gasteiger partial charge in [-0.2, -0.15) is 0 Å².